The molecule has 2 aromatic heterocycles. The molecule has 6 heteroatoms. The first-order valence-corrected chi connectivity index (χ1v) is 9.28. The standard InChI is InChI=1S/C19H26N4O2/c1-21(13-15-7-6-12-25-15)14-16-18(19(24)22-9-4-5-10-22)20-17-8-2-3-11-23(16)17/h2-3,8,11,15H,4-7,9-10,12-14H2,1H3. The van der Waals surface area contributed by atoms with Gasteiger partial charge in [0.25, 0.3) is 5.91 Å². The van der Waals surface area contributed by atoms with E-state index < -0.39 is 0 Å². The van der Waals surface area contributed by atoms with Crippen molar-refractivity contribution in [1.82, 2.24) is 19.2 Å². The Balaban J connectivity index is 1.60. The number of amides is 1. The highest BCUT2D eigenvalue weighted by molar-refractivity contribution is 5.94. The summed E-state index contributed by atoms with van der Waals surface area (Å²) < 4.78 is 7.80. The Morgan fingerprint density at radius 1 is 1.32 bits per heavy atom. The summed E-state index contributed by atoms with van der Waals surface area (Å²) in [4.78, 5) is 21.8. The van der Waals surface area contributed by atoms with Crippen molar-refractivity contribution in [1.29, 1.82) is 0 Å². The molecule has 2 fully saturated rings. The number of hydrogen-bond acceptors (Lipinski definition) is 4. The predicted molar refractivity (Wildman–Crippen MR) is 95.6 cm³/mol. The molecule has 25 heavy (non-hydrogen) atoms. The Morgan fingerprint density at radius 3 is 2.92 bits per heavy atom. The molecule has 2 aromatic rings. The van der Waals surface area contributed by atoms with E-state index in [2.05, 4.69) is 21.3 Å². The Bertz CT molecular complexity index is 745. The molecule has 0 spiro atoms. The normalized spacial score (nSPS) is 20.9. The third-order valence-electron chi connectivity index (χ3n) is 5.18. The number of carbonyl (C=O) groups is 1. The smallest absolute Gasteiger partial charge is 0.274 e. The highest BCUT2D eigenvalue weighted by atomic mass is 16.5. The van der Waals surface area contributed by atoms with Crippen LogP contribution in [0.1, 0.15) is 41.9 Å². The van der Waals surface area contributed by atoms with Crippen LogP contribution >= 0.6 is 0 Å². The SMILES string of the molecule is CN(Cc1c(C(=O)N2CCCC2)nc2ccccn12)CC1CCCO1. The molecule has 4 rings (SSSR count). The summed E-state index contributed by atoms with van der Waals surface area (Å²) in [7, 11) is 2.09. The molecule has 2 aliphatic rings. The molecular formula is C19H26N4O2. The fourth-order valence-corrected chi connectivity index (χ4v) is 3.90. The largest absolute Gasteiger partial charge is 0.377 e. The van der Waals surface area contributed by atoms with Gasteiger partial charge in [-0.15, -0.1) is 0 Å². The van der Waals surface area contributed by atoms with E-state index in [1.807, 2.05) is 29.3 Å². The van der Waals surface area contributed by atoms with Gasteiger partial charge in [0.05, 0.1) is 11.8 Å². The van der Waals surface area contributed by atoms with E-state index in [-0.39, 0.29) is 5.91 Å². The van der Waals surface area contributed by atoms with Crippen molar-refractivity contribution in [2.75, 3.05) is 33.3 Å². The van der Waals surface area contributed by atoms with E-state index >= 15 is 0 Å². The molecule has 0 N–H and O–H groups in total. The summed E-state index contributed by atoms with van der Waals surface area (Å²) in [6.45, 7) is 4.14. The monoisotopic (exact) mass is 342 g/mol. The van der Waals surface area contributed by atoms with Gasteiger partial charge in [-0.3, -0.25) is 9.69 Å². The van der Waals surface area contributed by atoms with E-state index in [1.54, 1.807) is 0 Å². The van der Waals surface area contributed by atoms with Crippen LogP contribution in [0, 0.1) is 0 Å². The summed E-state index contributed by atoms with van der Waals surface area (Å²) in [6, 6.07) is 5.92. The zero-order valence-corrected chi connectivity index (χ0v) is 14.9. The number of imidazole rings is 1. The number of fused-ring (bicyclic) bond motifs is 1. The van der Waals surface area contributed by atoms with Crippen LogP contribution in [-0.4, -0.2) is 64.5 Å². The Labute approximate surface area is 148 Å². The van der Waals surface area contributed by atoms with Crippen LogP contribution in [0.3, 0.4) is 0 Å². The first-order chi connectivity index (χ1) is 12.2. The van der Waals surface area contributed by atoms with Gasteiger partial charge in [-0.05, 0) is 44.9 Å². The molecule has 0 bridgehead atoms. The predicted octanol–water partition coefficient (Wildman–Crippen LogP) is 2.18. The van der Waals surface area contributed by atoms with Crippen molar-refractivity contribution in [2.24, 2.45) is 0 Å². The van der Waals surface area contributed by atoms with E-state index in [9.17, 15) is 4.79 Å². The maximum atomic E-state index is 13.0. The van der Waals surface area contributed by atoms with Gasteiger partial charge in [0, 0.05) is 39.0 Å². The first kappa shape index (κ1) is 16.5. The van der Waals surface area contributed by atoms with Gasteiger partial charge in [0.2, 0.25) is 0 Å². The highest BCUT2D eigenvalue weighted by Crippen LogP contribution is 2.20. The average Bonchev–Trinajstić information content (AvgIpc) is 3.35. The lowest BCUT2D eigenvalue weighted by molar-refractivity contribution is 0.0766. The number of likely N-dealkylation sites (tertiary alicyclic amines) is 1. The van der Waals surface area contributed by atoms with Crippen molar-refractivity contribution in [2.45, 2.75) is 38.3 Å². The summed E-state index contributed by atoms with van der Waals surface area (Å²) in [5.41, 5.74) is 2.42. The van der Waals surface area contributed by atoms with Gasteiger partial charge in [-0.1, -0.05) is 6.07 Å². The number of ether oxygens (including phenoxy) is 1. The fraction of sp³-hybridized carbons (Fsp3) is 0.579. The van der Waals surface area contributed by atoms with E-state index in [0.717, 1.165) is 63.3 Å². The molecular weight excluding hydrogens is 316 g/mol. The van der Waals surface area contributed by atoms with Gasteiger partial charge >= 0.3 is 0 Å². The lowest BCUT2D eigenvalue weighted by Crippen LogP contribution is -2.32. The molecule has 1 unspecified atom stereocenters. The maximum absolute atomic E-state index is 13.0. The molecule has 0 aromatic carbocycles. The zero-order valence-electron chi connectivity index (χ0n) is 14.9. The number of hydrogen-bond donors (Lipinski definition) is 0. The summed E-state index contributed by atoms with van der Waals surface area (Å²) in [6.07, 6.45) is 6.75. The molecule has 0 saturated carbocycles. The lowest BCUT2D eigenvalue weighted by Gasteiger charge is -2.21. The second kappa shape index (κ2) is 7.14. The molecule has 0 aliphatic carbocycles. The van der Waals surface area contributed by atoms with Crippen LogP contribution in [0.4, 0.5) is 0 Å². The molecule has 0 radical (unpaired) electrons. The Morgan fingerprint density at radius 2 is 2.16 bits per heavy atom. The van der Waals surface area contributed by atoms with Gasteiger partial charge in [0.15, 0.2) is 5.69 Å². The van der Waals surface area contributed by atoms with E-state index in [0.29, 0.717) is 18.3 Å². The summed E-state index contributed by atoms with van der Waals surface area (Å²) in [5.74, 6) is 0.0710. The highest BCUT2D eigenvalue weighted by Gasteiger charge is 2.27. The van der Waals surface area contributed by atoms with Crippen LogP contribution in [0.2, 0.25) is 0 Å². The van der Waals surface area contributed by atoms with Crippen LogP contribution < -0.4 is 0 Å². The zero-order chi connectivity index (χ0) is 17.2. The topological polar surface area (TPSA) is 50.1 Å². The van der Waals surface area contributed by atoms with Crippen LogP contribution in [0.25, 0.3) is 5.65 Å². The minimum absolute atomic E-state index is 0.0710. The van der Waals surface area contributed by atoms with Gasteiger partial charge < -0.3 is 14.0 Å². The number of aromatic nitrogens is 2. The molecule has 1 amide bonds. The van der Waals surface area contributed by atoms with Crippen LogP contribution in [-0.2, 0) is 11.3 Å². The molecule has 1 atom stereocenters. The number of carbonyl (C=O) groups excluding carboxylic acids is 1. The van der Waals surface area contributed by atoms with Crippen LogP contribution in [0.5, 0.6) is 0 Å². The van der Waals surface area contributed by atoms with Crippen molar-refractivity contribution in [3.63, 3.8) is 0 Å². The number of likely N-dealkylation sites (N-methyl/N-ethyl adjacent to an activating group) is 1. The minimum Gasteiger partial charge on any atom is -0.377 e. The molecule has 6 nitrogen and oxygen atoms in total. The lowest BCUT2D eigenvalue weighted by atomic mass is 10.2. The summed E-state index contributed by atoms with van der Waals surface area (Å²) >= 11 is 0. The van der Waals surface area contributed by atoms with Crippen molar-refractivity contribution in [3.8, 4) is 0 Å². The summed E-state index contributed by atoms with van der Waals surface area (Å²) in [5, 5.41) is 0. The third kappa shape index (κ3) is 3.41. The quantitative estimate of drug-likeness (QED) is 0.836. The van der Waals surface area contributed by atoms with Gasteiger partial charge in [0.1, 0.15) is 5.65 Å². The maximum Gasteiger partial charge on any atom is 0.274 e. The molecule has 134 valence electrons. The van der Waals surface area contributed by atoms with Gasteiger partial charge in [-0.25, -0.2) is 4.98 Å². The molecule has 2 saturated heterocycles. The molecule has 4 heterocycles. The second-order valence-electron chi connectivity index (χ2n) is 7.17. The average molecular weight is 342 g/mol. The van der Waals surface area contributed by atoms with Crippen LogP contribution in [0.15, 0.2) is 24.4 Å². The fourth-order valence-electron chi connectivity index (χ4n) is 3.90. The first-order valence-electron chi connectivity index (χ1n) is 9.28. The Hall–Kier alpha value is -1.92. The number of pyridine rings is 1. The van der Waals surface area contributed by atoms with E-state index in [4.69, 9.17) is 4.74 Å². The van der Waals surface area contributed by atoms with E-state index in [1.165, 1.54) is 0 Å². The number of nitrogens with zero attached hydrogens (tertiary/aromatic N) is 4. The van der Waals surface area contributed by atoms with Gasteiger partial charge in [-0.2, -0.15) is 0 Å². The Kier molecular flexibility index (Phi) is 4.72. The minimum atomic E-state index is 0.0710. The molecule has 2 aliphatic heterocycles. The van der Waals surface area contributed by atoms with Crippen molar-refractivity contribution >= 4 is 11.6 Å². The van der Waals surface area contributed by atoms with Crippen molar-refractivity contribution in [3.05, 3.63) is 35.8 Å². The van der Waals surface area contributed by atoms with Crippen molar-refractivity contribution < 1.29 is 9.53 Å². The second-order valence-corrected chi connectivity index (χ2v) is 7.17. The number of rotatable bonds is 5. The third-order valence-corrected chi connectivity index (χ3v) is 5.18.